The van der Waals surface area contributed by atoms with Gasteiger partial charge in [0.15, 0.2) is 0 Å². The van der Waals surface area contributed by atoms with Crippen molar-refractivity contribution in [3.05, 3.63) is 64.2 Å². The second kappa shape index (κ2) is 10.6. The van der Waals surface area contributed by atoms with Gasteiger partial charge in [0.2, 0.25) is 15.9 Å². The zero-order valence-electron chi connectivity index (χ0n) is 17.1. The van der Waals surface area contributed by atoms with Gasteiger partial charge in [0, 0.05) is 18.0 Å². The molecule has 0 aliphatic carbocycles. The van der Waals surface area contributed by atoms with Gasteiger partial charge in [0.05, 0.1) is 24.5 Å². The standard InChI is InChI=1S/C21H25ClN2O5S/c1-14-8-9-15(2)19(12-14)30(27,28)23-11-10-20(25)24-18(13-21(26)29-3)16-6-4-5-7-17(16)22/h4-9,12,18,23H,10-11,13H2,1-3H3,(H,24,25). The lowest BCUT2D eigenvalue weighted by Gasteiger charge is -2.19. The number of hydrogen-bond donors (Lipinski definition) is 2. The molecular formula is C21H25ClN2O5S. The van der Waals surface area contributed by atoms with Gasteiger partial charge < -0.3 is 10.1 Å². The van der Waals surface area contributed by atoms with E-state index in [2.05, 4.69) is 10.0 Å². The van der Waals surface area contributed by atoms with Crippen LogP contribution in [0.4, 0.5) is 0 Å². The van der Waals surface area contributed by atoms with E-state index in [0.29, 0.717) is 16.1 Å². The molecule has 2 aromatic carbocycles. The molecule has 9 heteroatoms. The Labute approximate surface area is 181 Å². The number of carbonyl (C=O) groups is 2. The number of amides is 1. The Bertz CT molecular complexity index is 1020. The quantitative estimate of drug-likeness (QED) is 0.569. The fourth-order valence-corrected chi connectivity index (χ4v) is 4.51. The van der Waals surface area contributed by atoms with Gasteiger partial charge in [-0.1, -0.05) is 41.9 Å². The Balaban J connectivity index is 2.02. The van der Waals surface area contributed by atoms with E-state index in [0.717, 1.165) is 5.56 Å². The Kier molecular flexibility index (Phi) is 8.40. The monoisotopic (exact) mass is 452 g/mol. The molecule has 2 N–H and O–H groups in total. The highest BCUT2D eigenvalue weighted by atomic mass is 35.5. The average molecular weight is 453 g/mol. The first kappa shape index (κ1) is 23.9. The Morgan fingerprint density at radius 2 is 1.83 bits per heavy atom. The van der Waals surface area contributed by atoms with Crippen molar-refractivity contribution in [3.63, 3.8) is 0 Å². The number of nitrogens with one attached hydrogen (secondary N) is 2. The number of halogens is 1. The van der Waals surface area contributed by atoms with Gasteiger partial charge in [0.25, 0.3) is 0 Å². The molecule has 1 unspecified atom stereocenters. The largest absolute Gasteiger partial charge is 0.469 e. The molecule has 1 amide bonds. The maximum absolute atomic E-state index is 12.5. The molecule has 0 aliphatic heterocycles. The zero-order chi connectivity index (χ0) is 22.3. The van der Waals surface area contributed by atoms with Crippen molar-refractivity contribution in [2.24, 2.45) is 0 Å². The number of rotatable bonds is 9. The summed E-state index contributed by atoms with van der Waals surface area (Å²) in [6, 6.07) is 11.3. The normalized spacial score (nSPS) is 12.3. The Hall–Kier alpha value is -2.42. The fraction of sp³-hybridized carbons (Fsp3) is 0.333. The van der Waals surface area contributed by atoms with Crippen LogP contribution in [0.3, 0.4) is 0 Å². The van der Waals surface area contributed by atoms with Crippen LogP contribution in [0.15, 0.2) is 47.4 Å². The van der Waals surface area contributed by atoms with E-state index in [9.17, 15) is 18.0 Å². The maximum atomic E-state index is 12.5. The predicted molar refractivity (Wildman–Crippen MR) is 115 cm³/mol. The maximum Gasteiger partial charge on any atom is 0.307 e. The van der Waals surface area contributed by atoms with Gasteiger partial charge in [-0.15, -0.1) is 0 Å². The van der Waals surface area contributed by atoms with Crippen LogP contribution < -0.4 is 10.0 Å². The minimum absolute atomic E-state index is 0.0883. The molecule has 0 radical (unpaired) electrons. The number of methoxy groups -OCH3 is 1. The highest BCUT2D eigenvalue weighted by Crippen LogP contribution is 2.25. The van der Waals surface area contributed by atoms with E-state index in [1.807, 2.05) is 13.0 Å². The number of hydrogen-bond acceptors (Lipinski definition) is 5. The minimum atomic E-state index is -3.74. The summed E-state index contributed by atoms with van der Waals surface area (Å²) in [6.45, 7) is 3.43. The van der Waals surface area contributed by atoms with Gasteiger partial charge >= 0.3 is 5.97 Å². The molecule has 0 heterocycles. The fourth-order valence-electron chi connectivity index (χ4n) is 2.89. The molecule has 0 bridgehead atoms. The topological polar surface area (TPSA) is 102 Å². The van der Waals surface area contributed by atoms with Crippen LogP contribution >= 0.6 is 11.6 Å². The van der Waals surface area contributed by atoms with E-state index < -0.39 is 27.9 Å². The zero-order valence-corrected chi connectivity index (χ0v) is 18.6. The SMILES string of the molecule is COC(=O)CC(NC(=O)CCNS(=O)(=O)c1cc(C)ccc1C)c1ccccc1Cl. The van der Waals surface area contributed by atoms with Crippen molar-refractivity contribution >= 4 is 33.5 Å². The summed E-state index contributed by atoms with van der Waals surface area (Å²) in [6.07, 6.45) is -0.202. The average Bonchev–Trinajstić information content (AvgIpc) is 2.69. The van der Waals surface area contributed by atoms with Crippen molar-refractivity contribution in [2.75, 3.05) is 13.7 Å². The summed E-state index contributed by atoms with van der Waals surface area (Å²) in [5.74, 6) is -0.927. The van der Waals surface area contributed by atoms with Crippen molar-refractivity contribution in [3.8, 4) is 0 Å². The lowest BCUT2D eigenvalue weighted by atomic mass is 10.0. The molecule has 0 fully saturated rings. The summed E-state index contributed by atoms with van der Waals surface area (Å²) in [7, 11) is -2.48. The van der Waals surface area contributed by atoms with Crippen LogP contribution in [0, 0.1) is 13.8 Å². The van der Waals surface area contributed by atoms with Gasteiger partial charge in [-0.25, -0.2) is 13.1 Å². The van der Waals surface area contributed by atoms with Crippen LogP contribution in [0.2, 0.25) is 5.02 Å². The van der Waals surface area contributed by atoms with Crippen molar-refractivity contribution in [2.45, 2.75) is 37.6 Å². The summed E-state index contributed by atoms with van der Waals surface area (Å²) in [4.78, 5) is 24.3. The van der Waals surface area contributed by atoms with Crippen molar-refractivity contribution < 1.29 is 22.7 Å². The van der Waals surface area contributed by atoms with Crippen LogP contribution in [-0.4, -0.2) is 33.9 Å². The minimum Gasteiger partial charge on any atom is -0.469 e. The summed E-state index contributed by atoms with van der Waals surface area (Å²) in [5.41, 5.74) is 2.02. The molecule has 162 valence electrons. The molecule has 30 heavy (non-hydrogen) atoms. The smallest absolute Gasteiger partial charge is 0.307 e. The molecular weight excluding hydrogens is 428 g/mol. The third-order valence-corrected chi connectivity index (χ3v) is 6.44. The van der Waals surface area contributed by atoms with Crippen LogP contribution in [0.5, 0.6) is 0 Å². The van der Waals surface area contributed by atoms with E-state index in [1.54, 1.807) is 43.3 Å². The lowest BCUT2D eigenvalue weighted by molar-refractivity contribution is -0.141. The number of benzene rings is 2. The van der Waals surface area contributed by atoms with Crippen LogP contribution in [0.1, 0.15) is 35.6 Å². The first-order valence-corrected chi connectivity index (χ1v) is 11.2. The number of aryl methyl sites for hydroxylation is 2. The van der Waals surface area contributed by atoms with E-state index >= 15 is 0 Å². The molecule has 2 aromatic rings. The van der Waals surface area contributed by atoms with Crippen molar-refractivity contribution in [1.29, 1.82) is 0 Å². The number of carbonyl (C=O) groups excluding carboxylic acids is 2. The second-order valence-electron chi connectivity index (χ2n) is 6.84. The van der Waals surface area contributed by atoms with Gasteiger partial charge in [0.1, 0.15) is 0 Å². The second-order valence-corrected chi connectivity index (χ2v) is 8.98. The molecule has 7 nitrogen and oxygen atoms in total. The third kappa shape index (κ3) is 6.55. The highest BCUT2D eigenvalue weighted by molar-refractivity contribution is 7.89. The molecule has 1 atom stereocenters. The van der Waals surface area contributed by atoms with Gasteiger partial charge in [-0.05, 0) is 42.7 Å². The van der Waals surface area contributed by atoms with Crippen LogP contribution in [-0.2, 0) is 24.3 Å². The first-order chi connectivity index (χ1) is 14.1. The number of esters is 1. The van der Waals surface area contributed by atoms with Crippen LogP contribution in [0.25, 0.3) is 0 Å². The summed E-state index contributed by atoms with van der Waals surface area (Å²) >= 11 is 6.19. The van der Waals surface area contributed by atoms with E-state index in [-0.39, 0.29) is 24.3 Å². The van der Waals surface area contributed by atoms with Gasteiger partial charge in [-0.3, -0.25) is 9.59 Å². The summed E-state index contributed by atoms with van der Waals surface area (Å²) < 4.78 is 32.2. The number of ether oxygens (including phenoxy) is 1. The molecule has 0 spiro atoms. The van der Waals surface area contributed by atoms with Gasteiger partial charge in [-0.2, -0.15) is 0 Å². The van der Waals surface area contributed by atoms with E-state index in [1.165, 1.54) is 7.11 Å². The molecule has 2 rings (SSSR count). The molecule has 0 saturated carbocycles. The van der Waals surface area contributed by atoms with Crippen molar-refractivity contribution in [1.82, 2.24) is 10.0 Å². The summed E-state index contributed by atoms with van der Waals surface area (Å²) in [5, 5.41) is 3.13. The molecule has 0 aliphatic rings. The Morgan fingerprint density at radius 1 is 1.13 bits per heavy atom. The van der Waals surface area contributed by atoms with E-state index in [4.69, 9.17) is 16.3 Å². The lowest BCUT2D eigenvalue weighted by Crippen LogP contribution is -2.34. The highest BCUT2D eigenvalue weighted by Gasteiger charge is 2.22. The predicted octanol–water partition coefficient (Wildman–Crippen LogP) is 3.05. The Morgan fingerprint density at radius 3 is 2.50 bits per heavy atom. The third-order valence-electron chi connectivity index (χ3n) is 4.49. The molecule has 0 aromatic heterocycles. The number of sulfonamides is 1. The molecule has 0 saturated heterocycles. The first-order valence-electron chi connectivity index (χ1n) is 9.31.